The minimum atomic E-state index is -0.442. The molecular formula is C27H34BrN3O4. The molecular weight excluding hydrogens is 510 g/mol. The van der Waals surface area contributed by atoms with Crippen molar-refractivity contribution in [2.45, 2.75) is 51.7 Å². The van der Waals surface area contributed by atoms with E-state index >= 15 is 0 Å². The summed E-state index contributed by atoms with van der Waals surface area (Å²) in [6.07, 6.45) is 3.32. The Bertz CT molecular complexity index is 1210. The van der Waals surface area contributed by atoms with Crippen LogP contribution in [0.5, 0.6) is 11.5 Å². The Hall–Kier alpha value is -2.55. The lowest BCUT2D eigenvalue weighted by Gasteiger charge is -2.41. The number of carbonyl (C=O) groups is 1. The second kappa shape index (κ2) is 10.6. The van der Waals surface area contributed by atoms with Gasteiger partial charge in [0.25, 0.3) is 5.91 Å². The molecule has 0 aliphatic carbocycles. The zero-order chi connectivity index (χ0) is 25.2. The Morgan fingerprint density at radius 2 is 2.00 bits per heavy atom. The molecule has 3 aromatic rings. The number of carbonyl (C=O) groups excluding carboxylic acids is 1. The Labute approximate surface area is 214 Å². The summed E-state index contributed by atoms with van der Waals surface area (Å²) in [7, 11) is 0. The Morgan fingerprint density at radius 1 is 1.20 bits per heavy atom. The summed E-state index contributed by atoms with van der Waals surface area (Å²) in [6.45, 7) is 9.12. The molecule has 0 fully saturated rings. The maximum Gasteiger partial charge on any atom is 0.250 e. The van der Waals surface area contributed by atoms with Crippen LogP contribution in [0.2, 0.25) is 0 Å². The third-order valence-electron chi connectivity index (χ3n) is 6.66. The van der Waals surface area contributed by atoms with Crippen molar-refractivity contribution < 1.29 is 19.4 Å². The Balaban J connectivity index is 1.58. The van der Waals surface area contributed by atoms with E-state index in [1.807, 2.05) is 41.1 Å². The molecule has 7 nitrogen and oxygen atoms in total. The van der Waals surface area contributed by atoms with Gasteiger partial charge >= 0.3 is 0 Å². The first-order chi connectivity index (χ1) is 16.7. The normalized spacial score (nSPS) is 16.9. The number of aryl methyl sites for hydroxylation is 1. The molecule has 1 atom stereocenters. The number of amides is 1. The van der Waals surface area contributed by atoms with E-state index < -0.39 is 5.91 Å². The largest absolute Gasteiger partial charge is 0.488 e. The van der Waals surface area contributed by atoms with Crippen molar-refractivity contribution in [2.75, 3.05) is 26.4 Å². The van der Waals surface area contributed by atoms with E-state index in [2.05, 4.69) is 47.7 Å². The number of primary amides is 1. The second-order valence-corrected chi connectivity index (χ2v) is 10.7. The van der Waals surface area contributed by atoms with Crippen LogP contribution in [0.4, 0.5) is 0 Å². The zero-order valence-electron chi connectivity index (χ0n) is 20.6. The summed E-state index contributed by atoms with van der Waals surface area (Å²) < 4.78 is 15.2. The molecule has 8 heteroatoms. The number of rotatable bonds is 7. The van der Waals surface area contributed by atoms with Crippen molar-refractivity contribution in [1.29, 1.82) is 0 Å². The number of hydrogen-bond acceptors (Lipinski definition) is 5. The Kier molecular flexibility index (Phi) is 7.73. The summed E-state index contributed by atoms with van der Waals surface area (Å²) in [4.78, 5) is 14.8. The average Bonchev–Trinajstić information content (AvgIpc) is 3.23. The molecule has 1 aliphatic heterocycles. The third kappa shape index (κ3) is 5.66. The van der Waals surface area contributed by atoms with Gasteiger partial charge in [-0.15, -0.1) is 0 Å². The standard InChI is InChI=1S/C27H34BrN3O4/c1-18(31-10-12-34-23-6-5-21(28)16-24(23)35-17-27(31,2)3)13-19-14-20-7-9-30(8-4-11-32)25(20)22(15-19)26(29)33/h5-7,9,14-16,18,32H,4,8,10-13,17H2,1-3H3,(H2,29,33)/t18-/m1/s1. The fourth-order valence-electron chi connectivity index (χ4n) is 5.02. The number of ether oxygens (including phenoxy) is 2. The first-order valence-corrected chi connectivity index (χ1v) is 12.8. The second-order valence-electron chi connectivity index (χ2n) is 9.82. The zero-order valence-corrected chi connectivity index (χ0v) is 22.2. The maximum atomic E-state index is 12.3. The number of fused-ring (bicyclic) bond motifs is 2. The van der Waals surface area contributed by atoms with E-state index in [9.17, 15) is 9.90 Å². The molecule has 1 aliphatic rings. The van der Waals surface area contributed by atoms with Crippen LogP contribution in [0.25, 0.3) is 10.9 Å². The summed E-state index contributed by atoms with van der Waals surface area (Å²) >= 11 is 3.51. The quantitative estimate of drug-likeness (QED) is 0.461. The van der Waals surface area contributed by atoms with Crippen molar-refractivity contribution in [1.82, 2.24) is 9.47 Å². The highest BCUT2D eigenvalue weighted by Crippen LogP contribution is 2.34. The van der Waals surface area contributed by atoms with Gasteiger partial charge in [0.2, 0.25) is 0 Å². The molecule has 2 heterocycles. The van der Waals surface area contributed by atoms with Crippen LogP contribution in [-0.4, -0.2) is 58.4 Å². The fraction of sp³-hybridized carbons (Fsp3) is 0.444. The van der Waals surface area contributed by atoms with Crippen LogP contribution in [0.1, 0.15) is 43.1 Å². The highest BCUT2D eigenvalue weighted by Gasteiger charge is 2.33. The van der Waals surface area contributed by atoms with Gasteiger partial charge in [-0.1, -0.05) is 15.9 Å². The van der Waals surface area contributed by atoms with E-state index in [4.69, 9.17) is 15.2 Å². The lowest BCUT2D eigenvalue weighted by atomic mass is 9.96. The van der Waals surface area contributed by atoms with Crippen LogP contribution >= 0.6 is 15.9 Å². The van der Waals surface area contributed by atoms with Gasteiger partial charge in [0, 0.05) is 47.3 Å². The van der Waals surface area contributed by atoms with Gasteiger partial charge in [0.05, 0.1) is 11.1 Å². The number of nitrogens with zero attached hydrogens (tertiary/aromatic N) is 2. The van der Waals surface area contributed by atoms with Crippen molar-refractivity contribution in [3.05, 3.63) is 58.2 Å². The summed E-state index contributed by atoms with van der Waals surface area (Å²) in [6, 6.07) is 12.1. The van der Waals surface area contributed by atoms with E-state index in [1.165, 1.54) is 0 Å². The van der Waals surface area contributed by atoms with Crippen molar-refractivity contribution in [3.8, 4) is 11.5 Å². The lowest BCUT2D eigenvalue weighted by molar-refractivity contribution is 0.0332. The molecule has 35 heavy (non-hydrogen) atoms. The van der Waals surface area contributed by atoms with Gasteiger partial charge in [-0.2, -0.15) is 0 Å². The molecule has 4 rings (SSSR count). The maximum absolute atomic E-state index is 12.3. The SMILES string of the molecule is C[C@H](Cc1cc(C(N)=O)c2c(ccn2CCCO)c1)N1CCOc2ccc(Br)cc2OCC1(C)C. The van der Waals surface area contributed by atoms with Crippen LogP contribution < -0.4 is 15.2 Å². The lowest BCUT2D eigenvalue weighted by Crippen LogP contribution is -2.54. The van der Waals surface area contributed by atoms with E-state index in [-0.39, 0.29) is 18.2 Å². The number of aliphatic hydroxyl groups is 1. The van der Waals surface area contributed by atoms with Gasteiger partial charge in [0.1, 0.15) is 13.2 Å². The molecule has 3 N–H and O–H groups in total. The van der Waals surface area contributed by atoms with Gasteiger partial charge in [-0.3, -0.25) is 9.69 Å². The molecule has 0 spiro atoms. The minimum Gasteiger partial charge on any atom is -0.488 e. The van der Waals surface area contributed by atoms with Crippen LogP contribution in [0.3, 0.4) is 0 Å². The predicted octanol–water partition coefficient (Wildman–Crippen LogP) is 4.37. The highest BCUT2D eigenvalue weighted by molar-refractivity contribution is 9.10. The minimum absolute atomic E-state index is 0.0998. The molecule has 0 radical (unpaired) electrons. The molecule has 0 saturated heterocycles. The van der Waals surface area contributed by atoms with Crippen molar-refractivity contribution in [3.63, 3.8) is 0 Å². The van der Waals surface area contributed by atoms with Gasteiger partial charge in [0.15, 0.2) is 11.5 Å². The summed E-state index contributed by atoms with van der Waals surface area (Å²) in [5, 5.41) is 10.2. The van der Waals surface area contributed by atoms with Crippen molar-refractivity contribution >= 4 is 32.7 Å². The van der Waals surface area contributed by atoms with E-state index in [1.54, 1.807) is 0 Å². The molecule has 0 saturated carbocycles. The van der Waals surface area contributed by atoms with Crippen LogP contribution in [0.15, 0.2) is 47.1 Å². The van der Waals surface area contributed by atoms with Crippen LogP contribution in [0, 0.1) is 0 Å². The van der Waals surface area contributed by atoms with Crippen LogP contribution in [-0.2, 0) is 13.0 Å². The first-order valence-electron chi connectivity index (χ1n) is 12.0. The number of nitrogens with two attached hydrogens (primary N) is 1. The van der Waals surface area contributed by atoms with Crippen molar-refractivity contribution in [2.24, 2.45) is 5.73 Å². The molecule has 0 bridgehead atoms. The number of aliphatic hydroxyl groups excluding tert-OH is 1. The molecule has 0 unspecified atom stereocenters. The fourth-order valence-corrected chi connectivity index (χ4v) is 5.36. The molecule has 1 amide bonds. The molecule has 188 valence electrons. The first kappa shape index (κ1) is 25.5. The predicted molar refractivity (Wildman–Crippen MR) is 141 cm³/mol. The van der Waals surface area contributed by atoms with Gasteiger partial charge < -0.3 is 24.9 Å². The molecule has 1 aromatic heterocycles. The number of benzene rings is 2. The smallest absolute Gasteiger partial charge is 0.250 e. The molecule has 2 aromatic carbocycles. The summed E-state index contributed by atoms with van der Waals surface area (Å²) in [5.74, 6) is 1.05. The Morgan fingerprint density at radius 3 is 2.74 bits per heavy atom. The highest BCUT2D eigenvalue weighted by atomic mass is 79.9. The number of hydrogen-bond donors (Lipinski definition) is 2. The van der Waals surface area contributed by atoms with Gasteiger partial charge in [-0.25, -0.2) is 0 Å². The van der Waals surface area contributed by atoms with E-state index in [0.29, 0.717) is 31.7 Å². The monoisotopic (exact) mass is 543 g/mol. The van der Waals surface area contributed by atoms with Gasteiger partial charge in [-0.05, 0) is 75.6 Å². The average molecular weight is 544 g/mol. The summed E-state index contributed by atoms with van der Waals surface area (Å²) in [5.41, 5.74) is 7.95. The topological polar surface area (TPSA) is 90.0 Å². The number of halogens is 1. The van der Waals surface area contributed by atoms with E-state index in [0.717, 1.165) is 45.4 Å². The third-order valence-corrected chi connectivity index (χ3v) is 7.15. The number of aromatic nitrogens is 1.